The lowest BCUT2D eigenvalue weighted by Crippen LogP contribution is -2.28. The molecule has 3 nitrogen and oxygen atoms in total. The highest BCUT2D eigenvalue weighted by Crippen LogP contribution is 2.23. The third-order valence-electron chi connectivity index (χ3n) is 2.04. The lowest BCUT2D eigenvalue weighted by molar-refractivity contribution is -0.116. The van der Waals surface area contributed by atoms with E-state index < -0.39 is 0 Å². The van der Waals surface area contributed by atoms with Gasteiger partial charge in [0.2, 0.25) is 5.91 Å². The SMILES string of the molecule is COc1ccc(Br)cc1C=CC(=O)NC(C)C. The molecule has 1 rings (SSSR count). The zero-order valence-electron chi connectivity index (χ0n) is 10.2. The van der Waals surface area contributed by atoms with Gasteiger partial charge >= 0.3 is 0 Å². The summed E-state index contributed by atoms with van der Waals surface area (Å²) in [5, 5.41) is 2.79. The second-order valence-electron chi connectivity index (χ2n) is 3.88. The predicted molar refractivity (Wildman–Crippen MR) is 73.0 cm³/mol. The van der Waals surface area contributed by atoms with Crippen molar-refractivity contribution in [2.75, 3.05) is 7.11 Å². The smallest absolute Gasteiger partial charge is 0.244 e. The van der Waals surface area contributed by atoms with Crippen LogP contribution in [-0.2, 0) is 4.79 Å². The monoisotopic (exact) mass is 297 g/mol. The van der Waals surface area contributed by atoms with Gasteiger partial charge in [0.25, 0.3) is 0 Å². The minimum absolute atomic E-state index is 0.109. The Bertz CT molecular complexity index is 427. The normalized spacial score (nSPS) is 10.9. The Kier molecular flexibility index (Phi) is 5.22. The molecule has 0 radical (unpaired) electrons. The molecule has 0 atom stereocenters. The zero-order chi connectivity index (χ0) is 12.8. The average Bonchev–Trinajstić information content (AvgIpc) is 2.25. The fourth-order valence-electron chi connectivity index (χ4n) is 1.33. The first-order chi connectivity index (χ1) is 8.02. The van der Waals surface area contributed by atoms with Gasteiger partial charge in [-0.15, -0.1) is 0 Å². The molecule has 1 aromatic carbocycles. The van der Waals surface area contributed by atoms with Crippen LogP contribution in [0.1, 0.15) is 19.4 Å². The van der Waals surface area contributed by atoms with E-state index in [0.717, 1.165) is 15.8 Å². The molecule has 0 fully saturated rings. The van der Waals surface area contributed by atoms with Crippen LogP contribution in [0.5, 0.6) is 5.75 Å². The highest BCUT2D eigenvalue weighted by Gasteiger charge is 2.02. The molecule has 0 aromatic heterocycles. The van der Waals surface area contributed by atoms with Crippen molar-refractivity contribution in [1.29, 1.82) is 0 Å². The maximum atomic E-state index is 11.5. The Hall–Kier alpha value is -1.29. The summed E-state index contributed by atoms with van der Waals surface area (Å²) in [6.45, 7) is 3.84. The van der Waals surface area contributed by atoms with Crippen LogP contribution in [0, 0.1) is 0 Å². The van der Waals surface area contributed by atoms with E-state index in [4.69, 9.17) is 4.74 Å². The van der Waals surface area contributed by atoms with Crippen molar-refractivity contribution < 1.29 is 9.53 Å². The van der Waals surface area contributed by atoms with Crippen LogP contribution < -0.4 is 10.1 Å². The van der Waals surface area contributed by atoms with Crippen LogP contribution in [0.4, 0.5) is 0 Å². The standard InChI is InChI=1S/C13H16BrNO2/c1-9(2)15-13(16)7-4-10-8-11(14)5-6-12(10)17-3/h4-9H,1-3H3,(H,15,16). The van der Waals surface area contributed by atoms with Gasteiger partial charge in [0, 0.05) is 22.2 Å². The van der Waals surface area contributed by atoms with E-state index in [0.29, 0.717) is 0 Å². The highest BCUT2D eigenvalue weighted by atomic mass is 79.9. The minimum Gasteiger partial charge on any atom is -0.496 e. The summed E-state index contributed by atoms with van der Waals surface area (Å²) in [5.41, 5.74) is 0.862. The molecule has 0 saturated heterocycles. The average molecular weight is 298 g/mol. The van der Waals surface area contributed by atoms with Crippen LogP contribution >= 0.6 is 15.9 Å². The maximum absolute atomic E-state index is 11.5. The molecule has 17 heavy (non-hydrogen) atoms. The van der Waals surface area contributed by atoms with Gasteiger partial charge in [0.05, 0.1) is 7.11 Å². The first-order valence-electron chi connectivity index (χ1n) is 5.35. The first kappa shape index (κ1) is 13.8. The van der Waals surface area contributed by atoms with E-state index in [2.05, 4.69) is 21.2 Å². The second-order valence-corrected chi connectivity index (χ2v) is 4.80. The molecule has 0 saturated carbocycles. The number of hydrogen-bond donors (Lipinski definition) is 1. The topological polar surface area (TPSA) is 38.3 Å². The van der Waals surface area contributed by atoms with Crippen LogP contribution in [0.15, 0.2) is 28.7 Å². The zero-order valence-corrected chi connectivity index (χ0v) is 11.7. The molecule has 0 aliphatic carbocycles. The molecule has 92 valence electrons. The van der Waals surface area contributed by atoms with Gasteiger partial charge < -0.3 is 10.1 Å². The number of amides is 1. The molecule has 0 bridgehead atoms. The fraction of sp³-hybridized carbons (Fsp3) is 0.308. The van der Waals surface area contributed by atoms with Gasteiger partial charge in [-0.05, 0) is 38.1 Å². The molecule has 4 heteroatoms. The Morgan fingerprint density at radius 1 is 1.47 bits per heavy atom. The summed E-state index contributed by atoms with van der Waals surface area (Å²) in [5.74, 6) is 0.629. The molecular weight excluding hydrogens is 282 g/mol. The van der Waals surface area contributed by atoms with E-state index in [-0.39, 0.29) is 11.9 Å². The molecule has 0 aliphatic heterocycles. The maximum Gasteiger partial charge on any atom is 0.244 e. The Morgan fingerprint density at radius 3 is 2.76 bits per heavy atom. The molecule has 1 N–H and O–H groups in total. The summed E-state index contributed by atoms with van der Waals surface area (Å²) >= 11 is 3.38. The molecule has 0 unspecified atom stereocenters. The van der Waals surface area contributed by atoms with Crippen LogP contribution in [0.3, 0.4) is 0 Å². The third kappa shape index (κ3) is 4.61. The van der Waals surface area contributed by atoms with Gasteiger partial charge in [-0.3, -0.25) is 4.79 Å². The number of methoxy groups -OCH3 is 1. The minimum atomic E-state index is -0.109. The van der Waals surface area contributed by atoms with E-state index in [1.54, 1.807) is 13.2 Å². The molecule has 1 amide bonds. The van der Waals surface area contributed by atoms with Crippen LogP contribution in [0.25, 0.3) is 6.08 Å². The van der Waals surface area contributed by atoms with Crippen LogP contribution in [-0.4, -0.2) is 19.1 Å². The van der Waals surface area contributed by atoms with Gasteiger partial charge in [-0.1, -0.05) is 15.9 Å². The van der Waals surface area contributed by atoms with Gasteiger partial charge in [0.1, 0.15) is 5.75 Å². The van der Waals surface area contributed by atoms with Gasteiger partial charge in [0.15, 0.2) is 0 Å². The van der Waals surface area contributed by atoms with Crippen molar-refractivity contribution in [2.45, 2.75) is 19.9 Å². The van der Waals surface area contributed by atoms with E-state index in [1.807, 2.05) is 32.0 Å². The first-order valence-corrected chi connectivity index (χ1v) is 6.14. The molecular formula is C13H16BrNO2. The Morgan fingerprint density at radius 2 is 2.18 bits per heavy atom. The Balaban J connectivity index is 2.83. The molecule has 0 spiro atoms. The van der Waals surface area contributed by atoms with E-state index in [1.165, 1.54) is 6.08 Å². The van der Waals surface area contributed by atoms with Crippen molar-refractivity contribution in [3.8, 4) is 5.75 Å². The van der Waals surface area contributed by atoms with Crippen molar-refractivity contribution in [2.24, 2.45) is 0 Å². The largest absolute Gasteiger partial charge is 0.496 e. The lowest BCUT2D eigenvalue weighted by Gasteiger charge is -2.06. The van der Waals surface area contributed by atoms with Gasteiger partial charge in [-0.2, -0.15) is 0 Å². The fourth-order valence-corrected chi connectivity index (χ4v) is 1.71. The summed E-state index contributed by atoms with van der Waals surface area (Å²) in [6, 6.07) is 5.78. The third-order valence-corrected chi connectivity index (χ3v) is 2.53. The van der Waals surface area contributed by atoms with Gasteiger partial charge in [-0.25, -0.2) is 0 Å². The molecule has 0 aliphatic rings. The van der Waals surface area contributed by atoms with Crippen LogP contribution in [0.2, 0.25) is 0 Å². The number of benzene rings is 1. The number of ether oxygens (including phenoxy) is 1. The molecule has 1 aromatic rings. The number of carbonyl (C=O) groups is 1. The van der Waals surface area contributed by atoms with Crippen molar-refractivity contribution in [3.63, 3.8) is 0 Å². The summed E-state index contributed by atoms with van der Waals surface area (Å²) in [4.78, 5) is 11.5. The number of hydrogen-bond acceptors (Lipinski definition) is 2. The van der Waals surface area contributed by atoms with Crippen molar-refractivity contribution in [3.05, 3.63) is 34.3 Å². The van der Waals surface area contributed by atoms with E-state index >= 15 is 0 Å². The summed E-state index contributed by atoms with van der Waals surface area (Å²) in [7, 11) is 1.61. The van der Waals surface area contributed by atoms with E-state index in [9.17, 15) is 4.79 Å². The number of nitrogens with one attached hydrogen (secondary N) is 1. The van der Waals surface area contributed by atoms with Crippen molar-refractivity contribution in [1.82, 2.24) is 5.32 Å². The lowest BCUT2D eigenvalue weighted by atomic mass is 10.2. The summed E-state index contributed by atoms with van der Waals surface area (Å²) < 4.78 is 6.16. The predicted octanol–water partition coefficient (Wildman–Crippen LogP) is 3.00. The second kappa shape index (κ2) is 6.45. The number of carbonyl (C=O) groups excluding carboxylic acids is 1. The summed E-state index contributed by atoms with van der Waals surface area (Å²) in [6.07, 6.45) is 3.24. The molecule has 0 heterocycles. The van der Waals surface area contributed by atoms with Crippen molar-refractivity contribution >= 4 is 27.9 Å². The number of halogens is 1. The number of rotatable bonds is 4. The highest BCUT2D eigenvalue weighted by molar-refractivity contribution is 9.10. The Labute approximate surface area is 110 Å². The quantitative estimate of drug-likeness (QED) is 0.868.